The van der Waals surface area contributed by atoms with Crippen LogP contribution in [0.15, 0.2) is 40.9 Å². The summed E-state index contributed by atoms with van der Waals surface area (Å²) in [6.45, 7) is 3.80. The van der Waals surface area contributed by atoms with Crippen LogP contribution >= 0.6 is 15.9 Å². The predicted molar refractivity (Wildman–Crippen MR) is 86.8 cm³/mol. The highest BCUT2D eigenvalue weighted by Crippen LogP contribution is 2.29. The molecular weight excluding hydrogens is 333 g/mol. The van der Waals surface area contributed by atoms with E-state index in [4.69, 9.17) is 5.73 Å². The van der Waals surface area contributed by atoms with E-state index in [0.717, 1.165) is 15.6 Å². The standard InChI is InChI=1S/C16H15BrFN3/c1-9-6-15-14(8-13(9)18)20-16(19)21(15)10(2)11-4-3-5-12(17)7-11/h3-8,10H,1-2H3,(H2,19,20). The lowest BCUT2D eigenvalue weighted by molar-refractivity contribution is 0.619. The van der Waals surface area contributed by atoms with Crippen LogP contribution in [0.1, 0.15) is 24.1 Å². The fraction of sp³-hybridized carbons (Fsp3) is 0.188. The summed E-state index contributed by atoms with van der Waals surface area (Å²) in [5, 5.41) is 0. The molecule has 1 aromatic heterocycles. The van der Waals surface area contributed by atoms with Gasteiger partial charge in [0.15, 0.2) is 0 Å². The van der Waals surface area contributed by atoms with Crippen molar-refractivity contribution in [1.82, 2.24) is 9.55 Å². The number of hydrogen-bond donors (Lipinski definition) is 1. The molecule has 0 radical (unpaired) electrons. The first-order valence-electron chi connectivity index (χ1n) is 6.66. The quantitative estimate of drug-likeness (QED) is 0.744. The predicted octanol–water partition coefficient (Wildman–Crippen LogP) is 4.44. The molecule has 1 unspecified atom stereocenters. The van der Waals surface area contributed by atoms with Crippen LogP contribution in [0.2, 0.25) is 0 Å². The first kappa shape index (κ1) is 14.1. The minimum atomic E-state index is -0.262. The topological polar surface area (TPSA) is 43.8 Å². The van der Waals surface area contributed by atoms with Gasteiger partial charge in [0.1, 0.15) is 5.82 Å². The maximum absolute atomic E-state index is 13.7. The van der Waals surface area contributed by atoms with Crippen LogP contribution < -0.4 is 5.73 Å². The number of nitrogens with two attached hydrogens (primary N) is 1. The number of hydrogen-bond acceptors (Lipinski definition) is 2. The molecule has 5 heteroatoms. The third-order valence-corrected chi connectivity index (χ3v) is 4.21. The van der Waals surface area contributed by atoms with Gasteiger partial charge in [-0.15, -0.1) is 0 Å². The molecule has 108 valence electrons. The van der Waals surface area contributed by atoms with Gasteiger partial charge in [0.25, 0.3) is 0 Å². The molecule has 0 bridgehead atoms. The molecule has 0 aliphatic rings. The Balaban J connectivity index is 2.19. The molecule has 3 rings (SSSR count). The van der Waals surface area contributed by atoms with Crippen molar-refractivity contribution in [2.24, 2.45) is 0 Å². The van der Waals surface area contributed by atoms with Crippen LogP contribution in [-0.2, 0) is 0 Å². The molecule has 0 saturated carbocycles. The van der Waals surface area contributed by atoms with Crippen molar-refractivity contribution < 1.29 is 4.39 Å². The second kappa shape index (κ2) is 5.15. The zero-order valence-corrected chi connectivity index (χ0v) is 13.4. The summed E-state index contributed by atoms with van der Waals surface area (Å²) in [6, 6.07) is 11.3. The molecular formula is C16H15BrFN3. The van der Waals surface area contributed by atoms with E-state index in [-0.39, 0.29) is 11.9 Å². The second-order valence-electron chi connectivity index (χ2n) is 5.16. The molecule has 1 atom stereocenters. The lowest BCUT2D eigenvalue weighted by Crippen LogP contribution is -2.10. The van der Waals surface area contributed by atoms with E-state index in [1.807, 2.05) is 28.8 Å². The van der Waals surface area contributed by atoms with Gasteiger partial charge in [0.05, 0.1) is 17.1 Å². The molecule has 2 N–H and O–H groups in total. The maximum atomic E-state index is 13.7. The van der Waals surface area contributed by atoms with Gasteiger partial charge in [-0.05, 0) is 43.2 Å². The van der Waals surface area contributed by atoms with Crippen molar-refractivity contribution in [2.75, 3.05) is 5.73 Å². The normalized spacial score (nSPS) is 12.8. The van der Waals surface area contributed by atoms with E-state index < -0.39 is 0 Å². The van der Waals surface area contributed by atoms with E-state index in [2.05, 4.69) is 27.8 Å². The third-order valence-electron chi connectivity index (χ3n) is 3.72. The monoisotopic (exact) mass is 347 g/mol. The molecule has 0 amide bonds. The summed E-state index contributed by atoms with van der Waals surface area (Å²) in [6.07, 6.45) is 0. The average molecular weight is 348 g/mol. The first-order valence-corrected chi connectivity index (χ1v) is 7.45. The third kappa shape index (κ3) is 2.42. The smallest absolute Gasteiger partial charge is 0.201 e. The molecule has 1 heterocycles. The number of fused-ring (bicyclic) bond motifs is 1. The molecule has 3 nitrogen and oxygen atoms in total. The zero-order valence-electron chi connectivity index (χ0n) is 11.8. The Morgan fingerprint density at radius 3 is 2.76 bits per heavy atom. The Morgan fingerprint density at radius 2 is 2.05 bits per heavy atom. The fourth-order valence-corrected chi connectivity index (χ4v) is 2.98. The molecule has 0 aliphatic carbocycles. The number of imidazole rings is 1. The average Bonchev–Trinajstić information content (AvgIpc) is 2.74. The molecule has 0 fully saturated rings. The lowest BCUT2D eigenvalue weighted by Gasteiger charge is -2.17. The molecule has 0 aliphatic heterocycles. The zero-order chi connectivity index (χ0) is 15.1. The highest BCUT2D eigenvalue weighted by molar-refractivity contribution is 9.10. The van der Waals surface area contributed by atoms with Crippen LogP contribution in [0.5, 0.6) is 0 Å². The number of rotatable bonds is 2. The van der Waals surface area contributed by atoms with Gasteiger partial charge < -0.3 is 10.3 Å². The van der Waals surface area contributed by atoms with Crippen LogP contribution in [0.3, 0.4) is 0 Å². The summed E-state index contributed by atoms with van der Waals surface area (Å²) in [4.78, 5) is 4.27. The van der Waals surface area contributed by atoms with E-state index in [0.29, 0.717) is 17.0 Å². The minimum Gasteiger partial charge on any atom is -0.369 e. The van der Waals surface area contributed by atoms with Gasteiger partial charge in [0.2, 0.25) is 5.95 Å². The lowest BCUT2D eigenvalue weighted by atomic mass is 10.1. The number of nitrogen functional groups attached to an aromatic ring is 1. The number of aromatic nitrogens is 2. The number of anilines is 1. The van der Waals surface area contributed by atoms with Gasteiger partial charge in [-0.25, -0.2) is 9.37 Å². The van der Waals surface area contributed by atoms with Crippen LogP contribution in [-0.4, -0.2) is 9.55 Å². The van der Waals surface area contributed by atoms with Crippen molar-refractivity contribution in [3.8, 4) is 0 Å². The van der Waals surface area contributed by atoms with E-state index >= 15 is 0 Å². The van der Waals surface area contributed by atoms with E-state index in [9.17, 15) is 4.39 Å². The van der Waals surface area contributed by atoms with Crippen molar-refractivity contribution in [3.63, 3.8) is 0 Å². The van der Waals surface area contributed by atoms with Crippen molar-refractivity contribution in [3.05, 3.63) is 57.8 Å². The summed E-state index contributed by atoms with van der Waals surface area (Å²) in [7, 11) is 0. The Bertz CT molecular complexity index is 826. The van der Waals surface area contributed by atoms with Crippen LogP contribution in [0.4, 0.5) is 10.3 Å². The fourth-order valence-electron chi connectivity index (χ4n) is 2.56. The van der Waals surface area contributed by atoms with Crippen LogP contribution in [0.25, 0.3) is 11.0 Å². The Morgan fingerprint density at radius 1 is 1.29 bits per heavy atom. The second-order valence-corrected chi connectivity index (χ2v) is 6.08. The van der Waals surface area contributed by atoms with Crippen molar-refractivity contribution in [2.45, 2.75) is 19.9 Å². The Hall–Kier alpha value is -1.88. The van der Waals surface area contributed by atoms with Crippen LogP contribution in [0, 0.1) is 12.7 Å². The number of nitrogens with zero attached hydrogens (tertiary/aromatic N) is 2. The highest BCUT2D eigenvalue weighted by atomic mass is 79.9. The SMILES string of the molecule is Cc1cc2c(cc1F)nc(N)n2C(C)c1cccc(Br)c1. The first-order chi connectivity index (χ1) is 9.97. The van der Waals surface area contributed by atoms with E-state index in [1.165, 1.54) is 6.07 Å². The maximum Gasteiger partial charge on any atom is 0.201 e. The van der Waals surface area contributed by atoms with Gasteiger partial charge in [-0.1, -0.05) is 28.1 Å². The van der Waals surface area contributed by atoms with Crippen molar-refractivity contribution in [1.29, 1.82) is 0 Å². The Kier molecular flexibility index (Phi) is 3.45. The van der Waals surface area contributed by atoms with Crippen molar-refractivity contribution >= 4 is 32.9 Å². The number of halogens is 2. The molecule has 21 heavy (non-hydrogen) atoms. The van der Waals surface area contributed by atoms with Gasteiger partial charge in [0, 0.05) is 10.5 Å². The number of aryl methyl sites for hydroxylation is 1. The van der Waals surface area contributed by atoms with Gasteiger partial charge in [-0.3, -0.25) is 0 Å². The van der Waals surface area contributed by atoms with Gasteiger partial charge in [-0.2, -0.15) is 0 Å². The summed E-state index contributed by atoms with van der Waals surface area (Å²) >= 11 is 3.48. The number of benzene rings is 2. The minimum absolute atomic E-state index is 0.0114. The molecule has 0 spiro atoms. The summed E-state index contributed by atoms with van der Waals surface area (Å²) in [5.41, 5.74) is 9.17. The summed E-state index contributed by atoms with van der Waals surface area (Å²) < 4.78 is 16.6. The molecule has 2 aromatic carbocycles. The molecule has 3 aromatic rings. The molecule has 0 saturated heterocycles. The highest BCUT2D eigenvalue weighted by Gasteiger charge is 2.17. The van der Waals surface area contributed by atoms with E-state index in [1.54, 1.807) is 13.0 Å². The Labute approximate surface area is 130 Å². The summed E-state index contributed by atoms with van der Waals surface area (Å²) in [5.74, 6) is 0.129. The largest absolute Gasteiger partial charge is 0.369 e. The van der Waals surface area contributed by atoms with Gasteiger partial charge >= 0.3 is 0 Å².